The van der Waals surface area contributed by atoms with Crippen molar-refractivity contribution >= 4 is 5.91 Å². The van der Waals surface area contributed by atoms with Gasteiger partial charge >= 0.3 is 0 Å². The third-order valence-corrected chi connectivity index (χ3v) is 2.94. The van der Waals surface area contributed by atoms with Gasteiger partial charge in [0.05, 0.1) is 20.1 Å². The molecule has 0 aliphatic rings. The SMILES string of the molecule is CCNC(=O)C(CN)Cc1ccc(OC)c(OC)c1. The van der Waals surface area contributed by atoms with Crippen molar-refractivity contribution in [2.24, 2.45) is 11.7 Å². The Morgan fingerprint density at radius 1 is 1.32 bits per heavy atom. The van der Waals surface area contributed by atoms with Crippen molar-refractivity contribution in [2.75, 3.05) is 27.3 Å². The molecule has 1 amide bonds. The second kappa shape index (κ2) is 7.63. The molecule has 0 heterocycles. The van der Waals surface area contributed by atoms with E-state index in [0.29, 0.717) is 31.0 Å². The van der Waals surface area contributed by atoms with E-state index in [1.165, 1.54) is 0 Å². The van der Waals surface area contributed by atoms with Gasteiger partial charge in [0.2, 0.25) is 5.91 Å². The van der Waals surface area contributed by atoms with Crippen LogP contribution in [0, 0.1) is 5.92 Å². The van der Waals surface area contributed by atoms with Gasteiger partial charge in [-0.3, -0.25) is 4.79 Å². The van der Waals surface area contributed by atoms with E-state index < -0.39 is 0 Å². The number of amides is 1. The highest BCUT2D eigenvalue weighted by molar-refractivity contribution is 5.79. The van der Waals surface area contributed by atoms with Gasteiger partial charge in [-0.05, 0) is 31.0 Å². The molecule has 0 aliphatic heterocycles. The molecule has 19 heavy (non-hydrogen) atoms. The predicted molar refractivity (Wildman–Crippen MR) is 74.5 cm³/mol. The van der Waals surface area contributed by atoms with Crippen molar-refractivity contribution in [3.63, 3.8) is 0 Å². The van der Waals surface area contributed by atoms with Gasteiger partial charge in [0.15, 0.2) is 11.5 Å². The number of carbonyl (C=O) groups is 1. The minimum Gasteiger partial charge on any atom is -0.493 e. The number of rotatable bonds is 7. The molecule has 1 unspecified atom stereocenters. The largest absolute Gasteiger partial charge is 0.493 e. The molecule has 0 saturated heterocycles. The summed E-state index contributed by atoms with van der Waals surface area (Å²) in [7, 11) is 3.18. The van der Waals surface area contributed by atoms with Gasteiger partial charge in [0.25, 0.3) is 0 Å². The van der Waals surface area contributed by atoms with E-state index >= 15 is 0 Å². The third kappa shape index (κ3) is 4.13. The molecule has 0 fully saturated rings. The van der Waals surface area contributed by atoms with Crippen LogP contribution < -0.4 is 20.5 Å². The van der Waals surface area contributed by atoms with Crippen molar-refractivity contribution in [3.05, 3.63) is 23.8 Å². The molecule has 0 saturated carbocycles. The summed E-state index contributed by atoms with van der Waals surface area (Å²) in [6.07, 6.45) is 0.586. The number of nitrogens with two attached hydrogens (primary N) is 1. The highest BCUT2D eigenvalue weighted by Crippen LogP contribution is 2.28. The normalized spacial score (nSPS) is 11.8. The molecule has 1 aromatic rings. The average molecular weight is 266 g/mol. The van der Waals surface area contributed by atoms with Crippen LogP contribution in [0.2, 0.25) is 0 Å². The fraction of sp³-hybridized carbons (Fsp3) is 0.500. The van der Waals surface area contributed by atoms with Crippen LogP contribution in [-0.4, -0.2) is 33.2 Å². The highest BCUT2D eigenvalue weighted by Gasteiger charge is 2.17. The van der Waals surface area contributed by atoms with Gasteiger partial charge in [0, 0.05) is 13.1 Å². The Labute approximate surface area is 114 Å². The standard InChI is InChI=1S/C14H22N2O3/c1-4-16-14(17)11(9-15)7-10-5-6-12(18-2)13(8-10)19-3/h5-6,8,11H,4,7,9,15H2,1-3H3,(H,16,17). The molecule has 3 N–H and O–H groups in total. The molecule has 5 heteroatoms. The van der Waals surface area contributed by atoms with Gasteiger partial charge in [0.1, 0.15) is 0 Å². The van der Waals surface area contributed by atoms with E-state index in [4.69, 9.17) is 15.2 Å². The molecule has 0 spiro atoms. The zero-order valence-electron chi connectivity index (χ0n) is 11.7. The topological polar surface area (TPSA) is 73.6 Å². The maximum absolute atomic E-state index is 11.8. The van der Waals surface area contributed by atoms with E-state index in [-0.39, 0.29) is 11.8 Å². The maximum Gasteiger partial charge on any atom is 0.224 e. The summed E-state index contributed by atoms with van der Waals surface area (Å²) < 4.78 is 10.4. The lowest BCUT2D eigenvalue weighted by Crippen LogP contribution is -2.36. The van der Waals surface area contributed by atoms with Crippen molar-refractivity contribution in [2.45, 2.75) is 13.3 Å². The van der Waals surface area contributed by atoms with Crippen molar-refractivity contribution in [1.82, 2.24) is 5.32 Å². The van der Waals surface area contributed by atoms with E-state index in [1.54, 1.807) is 14.2 Å². The van der Waals surface area contributed by atoms with E-state index in [2.05, 4.69) is 5.32 Å². The summed E-state index contributed by atoms with van der Waals surface area (Å²) in [5, 5.41) is 2.79. The quantitative estimate of drug-likeness (QED) is 0.771. The zero-order valence-corrected chi connectivity index (χ0v) is 11.7. The lowest BCUT2D eigenvalue weighted by molar-refractivity contribution is -0.124. The van der Waals surface area contributed by atoms with E-state index in [9.17, 15) is 4.79 Å². The van der Waals surface area contributed by atoms with Crippen LogP contribution in [0.15, 0.2) is 18.2 Å². The Balaban J connectivity index is 2.82. The first-order chi connectivity index (χ1) is 9.15. The Morgan fingerprint density at radius 3 is 2.53 bits per heavy atom. The second-order valence-electron chi connectivity index (χ2n) is 4.22. The molecule has 0 aromatic heterocycles. The van der Waals surface area contributed by atoms with Crippen molar-refractivity contribution in [3.8, 4) is 11.5 Å². The zero-order chi connectivity index (χ0) is 14.3. The average Bonchev–Trinajstić information content (AvgIpc) is 2.44. The summed E-state index contributed by atoms with van der Waals surface area (Å²) in [4.78, 5) is 11.8. The monoisotopic (exact) mass is 266 g/mol. The lowest BCUT2D eigenvalue weighted by atomic mass is 9.98. The maximum atomic E-state index is 11.8. The molecule has 1 rings (SSSR count). The number of carbonyl (C=O) groups excluding carboxylic acids is 1. The molecule has 106 valence electrons. The summed E-state index contributed by atoms with van der Waals surface area (Å²) >= 11 is 0. The van der Waals surface area contributed by atoms with Crippen LogP contribution in [-0.2, 0) is 11.2 Å². The molecule has 0 aliphatic carbocycles. The molecule has 1 atom stereocenters. The van der Waals surface area contributed by atoms with Crippen LogP contribution in [0.25, 0.3) is 0 Å². The van der Waals surface area contributed by atoms with Crippen LogP contribution in [0.3, 0.4) is 0 Å². The summed E-state index contributed by atoms with van der Waals surface area (Å²) in [5.41, 5.74) is 6.66. The Kier molecular flexibility index (Phi) is 6.15. The predicted octanol–water partition coefficient (Wildman–Crippen LogP) is 0.957. The number of hydrogen-bond donors (Lipinski definition) is 2. The summed E-state index contributed by atoms with van der Waals surface area (Å²) in [5.74, 6) is 1.10. The third-order valence-electron chi connectivity index (χ3n) is 2.94. The highest BCUT2D eigenvalue weighted by atomic mass is 16.5. The number of ether oxygens (including phenoxy) is 2. The van der Waals surface area contributed by atoms with Gasteiger partial charge in [-0.2, -0.15) is 0 Å². The number of benzene rings is 1. The molecule has 5 nitrogen and oxygen atoms in total. The van der Waals surface area contributed by atoms with Crippen molar-refractivity contribution < 1.29 is 14.3 Å². The van der Waals surface area contributed by atoms with Crippen LogP contribution in [0.4, 0.5) is 0 Å². The van der Waals surface area contributed by atoms with Crippen molar-refractivity contribution in [1.29, 1.82) is 0 Å². The smallest absolute Gasteiger partial charge is 0.224 e. The van der Waals surface area contributed by atoms with E-state index in [0.717, 1.165) is 5.56 Å². The fourth-order valence-corrected chi connectivity index (χ4v) is 1.89. The lowest BCUT2D eigenvalue weighted by Gasteiger charge is -2.15. The molecule has 0 radical (unpaired) electrons. The van der Waals surface area contributed by atoms with Crippen LogP contribution in [0.5, 0.6) is 11.5 Å². The van der Waals surface area contributed by atoms with Crippen LogP contribution >= 0.6 is 0 Å². The number of methoxy groups -OCH3 is 2. The summed E-state index contributed by atoms with van der Waals surface area (Å²) in [6, 6.07) is 5.63. The molecule has 1 aromatic carbocycles. The van der Waals surface area contributed by atoms with Gasteiger partial charge < -0.3 is 20.5 Å². The first-order valence-electron chi connectivity index (χ1n) is 6.34. The molecule has 0 bridgehead atoms. The van der Waals surface area contributed by atoms with Gasteiger partial charge in [-0.25, -0.2) is 0 Å². The first kappa shape index (κ1) is 15.3. The minimum atomic E-state index is -0.224. The number of hydrogen-bond acceptors (Lipinski definition) is 4. The summed E-state index contributed by atoms with van der Waals surface area (Å²) in [6.45, 7) is 2.82. The first-order valence-corrected chi connectivity index (χ1v) is 6.34. The number of nitrogens with one attached hydrogen (secondary N) is 1. The Bertz CT molecular complexity index is 421. The Hall–Kier alpha value is -1.75. The molecular formula is C14H22N2O3. The molecular weight excluding hydrogens is 244 g/mol. The van der Waals surface area contributed by atoms with Crippen LogP contribution in [0.1, 0.15) is 12.5 Å². The minimum absolute atomic E-state index is 0.0141. The van der Waals surface area contributed by atoms with Gasteiger partial charge in [-0.15, -0.1) is 0 Å². The van der Waals surface area contributed by atoms with Gasteiger partial charge in [-0.1, -0.05) is 6.07 Å². The Morgan fingerprint density at radius 2 is 2.00 bits per heavy atom. The fourth-order valence-electron chi connectivity index (χ4n) is 1.89. The second-order valence-corrected chi connectivity index (χ2v) is 4.22. The van der Waals surface area contributed by atoms with E-state index in [1.807, 2.05) is 25.1 Å².